The van der Waals surface area contributed by atoms with E-state index in [-0.39, 0.29) is 27.8 Å². The minimum Gasteiger partial charge on any atom is -0.391 e. The fraction of sp³-hybridized carbons (Fsp3) is 0.538. The number of aliphatic hydroxyl groups excluding tert-OH is 1. The summed E-state index contributed by atoms with van der Waals surface area (Å²) in [6.45, 7) is 6.08. The number of hydrogen-bond donors (Lipinski definition) is 2. The topological polar surface area (TPSA) is 75.4 Å². The molecule has 0 saturated carbocycles. The van der Waals surface area contributed by atoms with E-state index in [1.807, 2.05) is 20.8 Å². The molecule has 112 valence electrons. The van der Waals surface area contributed by atoms with Crippen LogP contribution in [-0.4, -0.2) is 22.7 Å². The monoisotopic (exact) mass is 348 g/mol. The van der Waals surface area contributed by atoms with Crippen molar-refractivity contribution in [3.05, 3.63) is 32.5 Å². The molecule has 0 aliphatic heterocycles. The van der Waals surface area contributed by atoms with Crippen LogP contribution >= 0.6 is 15.9 Å². The third-order valence-corrected chi connectivity index (χ3v) is 3.22. The summed E-state index contributed by atoms with van der Waals surface area (Å²) < 4.78 is 13.5. The van der Waals surface area contributed by atoms with Gasteiger partial charge in [0.15, 0.2) is 0 Å². The van der Waals surface area contributed by atoms with Crippen molar-refractivity contribution >= 4 is 27.3 Å². The molecule has 0 saturated heterocycles. The van der Waals surface area contributed by atoms with E-state index in [4.69, 9.17) is 0 Å². The number of anilines is 1. The van der Waals surface area contributed by atoms with Crippen LogP contribution in [-0.2, 0) is 0 Å². The lowest BCUT2D eigenvalue weighted by atomic mass is 9.89. The average molecular weight is 349 g/mol. The summed E-state index contributed by atoms with van der Waals surface area (Å²) in [4.78, 5) is 10.3. The molecule has 0 aliphatic carbocycles. The second kappa shape index (κ2) is 6.49. The zero-order valence-corrected chi connectivity index (χ0v) is 13.2. The average Bonchev–Trinajstić information content (AvgIpc) is 2.27. The van der Waals surface area contributed by atoms with Gasteiger partial charge in [-0.05, 0) is 27.8 Å². The Morgan fingerprint density at radius 1 is 1.50 bits per heavy atom. The van der Waals surface area contributed by atoms with Gasteiger partial charge < -0.3 is 10.4 Å². The number of halogens is 2. The highest BCUT2D eigenvalue weighted by Crippen LogP contribution is 2.31. The molecule has 0 spiro atoms. The van der Waals surface area contributed by atoms with Crippen molar-refractivity contribution in [2.24, 2.45) is 5.41 Å². The lowest BCUT2D eigenvalue weighted by Gasteiger charge is -2.22. The smallest absolute Gasteiger partial charge is 0.293 e. The normalized spacial score (nSPS) is 13.1. The fourth-order valence-corrected chi connectivity index (χ4v) is 2.17. The van der Waals surface area contributed by atoms with E-state index in [2.05, 4.69) is 21.2 Å². The van der Waals surface area contributed by atoms with Gasteiger partial charge in [0.25, 0.3) is 5.69 Å². The molecule has 0 bridgehead atoms. The fourth-order valence-electron chi connectivity index (χ4n) is 1.84. The summed E-state index contributed by atoms with van der Waals surface area (Å²) in [5.41, 5.74) is -0.234. The van der Waals surface area contributed by atoms with Crippen molar-refractivity contribution in [1.82, 2.24) is 0 Å². The molecule has 0 amide bonds. The standard InChI is InChI=1S/C13H18BrFN2O3/c1-13(2,3)6-8(18)7-16-11-5-10(15)9(14)4-12(11)17(19)20/h4-5,8,16,18H,6-7H2,1-3H3. The highest BCUT2D eigenvalue weighted by Gasteiger charge is 2.20. The van der Waals surface area contributed by atoms with Crippen molar-refractivity contribution in [3.8, 4) is 0 Å². The number of hydrogen-bond acceptors (Lipinski definition) is 4. The first-order valence-electron chi connectivity index (χ1n) is 6.15. The number of nitro groups is 1. The number of aliphatic hydroxyl groups is 1. The number of benzene rings is 1. The van der Waals surface area contributed by atoms with E-state index in [0.29, 0.717) is 6.42 Å². The van der Waals surface area contributed by atoms with E-state index in [1.54, 1.807) is 0 Å². The number of nitro benzene ring substituents is 1. The van der Waals surface area contributed by atoms with Crippen LogP contribution in [0.5, 0.6) is 0 Å². The predicted octanol–water partition coefficient (Wildman–Crippen LogP) is 3.71. The maximum absolute atomic E-state index is 13.4. The third-order valence-electron chi connectivity index (χ3n) is 2.61. The summed E-state index contributed by atoms with van der Waals surface area (Å²) in [6.07, 6.45) is -0.131. The zero-order valence-electron chi connectivity index (χ0n) is 11.6. The van der Waals surface area contributed by atoms with Crippen LogP contribution in [0.25, 0.3) is 0 Å². The minimum absolute atomic E-state index is 0.0324. The first-order chi connectivity index (χ1) is 9.10. The van der Waals surface area contributed by atoms with Gasteiger partial charge in [0.1, 0.15) is 11.5 Å². The van der Waals surface area contributed by atoms with E-state index in [0.717, 1.165) is 12.1 Å². The minimum atomic E-state index is -0.665. The summed E-state index contributed by atoms with van der Waals surface area (Å²) in [5, 5.41) is 23.5. The molecule has 1 rings (SSSR count). The molecule has 5 nitrogen and oxygen atoms in total. The molecule has 0 fully saturated rings. The second-order valence-electron chi connectivity index (χ2n) is 5.84. The largest absolute Gasteiger partial charge is 0.391 e. The van der Waals surface area contributed by atoms with Crippen molar-refractivity contribution in [3.63, 3.8) is 0 Å². The van der Waals surface area contributed by atoms with E-state index >= 15 is 0 Å². The Morgan fingerprint density at radius 2 is 2.10 bits per heavy atom. The van der Waals surface area contributed by atoms with Crippen LogP contribution in [0.15, 0.2) is 16.6 Å². The maximum atomic E-state index is 13.4. The van der Waals surface area contributed by atoms with Crippen LogP contribution in [0.1, 0.15) is 27.2 Å². The van der Waals surface area contributed by atoms with Crippen molar-refractivity contribution < 1.29 is 14.4 Å². The number of nitrogens with one attached hydrogen (secondary N) is 1. The Balaban J connectivity index is 2.82. The Kier molecular flexibility index (Phi) is 5.47. The third kappa shape index (κ3) is 5.05. The molecular formula is C13H18BrFN2O3. The van der Waals surface area contributed by atoms with Gasteiger partial charge in [0.05, 0.1) is 15.5 Å². The van der Waals surface area contributed by atoms with Gasteiger partial charge in [0.2, 0.25) is 0 Å². The second-order valence-corrected chi connectivity index (χ2v) is 6.69. The molecule has 1 aromatic rings. The molecular weight excluding hydrogens is 331 g/mol. The molecule has 2 N–H and O–H groups in total. The van der Waals surface area contributed by atoms with Crippen LogP contribution in [0, 0.1) is 21.3 Å². The van der Waals surface area contributed by atoms with Gasteiger partial charge in [0, 0.05) is 18.7 Å². The van der Waals surface area contributed by atoms with Gasteiger partial charge >= 0.3 is 0 Å². The van der Waals surface area contributed by atoms with Gasteiger partial charge in [-0.2, -0.15) is 0 Å². The van der Waals surface area contributed by atoms with Crippen molar-refractivity contribution in [2.45, 2.75) is 33.3 Å². The van der Waals surface area contributed by atoms with Gasteiger partial charge in [-0.1, -0.05) is 20.8 Å². The molecule has 0 heterocycles. The predicted molar refractivity (Wildman–Crippen MR) is 79.3 cm³/mol. The first-order valence-corrected chi connectivity index (χ1v) is 6.95. The maximum Gasteiger partial charge on any atom is 0.293 e. The summed E-state index contributed by atoms with van der Waals surface area (Å²) in [5.74, 6) is -0.594. The molecule has 7 heteroatoms. The Bertz CT molecular complexity index is 503. The number of nitrogens with zero attached hydrogens (tertiary/aromatic N) is 1. The van der Waals surface area contributed by atoms with Crippen LogP contribution < -0.4 is 5.32 Å². The lowest BCUT2D eigenvalue weighted by Crippen LogP contribution is -2.25. The summed E-state index contributed by atoms with van der Waals surface area (Å²) >= 11 is 2.91. The van der Waals surface area contributed by atoms with Crippen LogP contribution in [0.4, 0.5) is 15.8 Å². The highest BCUT2D eigenvalue weighted by molar-refractivity contribution is 9.10. The Hall–Kier alpha value is -1.21. The van der Waals surface area contributed by atoms with Crippen molar-refractivity contribution in [2.75, 3.05) is 11.9 Å². The number of rotatable bonds is 5. The molecule has 0 radical (unpaired) electrons. The summed E-state index contributed by atoms with van der Waals surface area (Å²) in [6, 6.07) is 2.15. The Labute approximate surface area is 125 Å². The zero-order chi connectivity index (χ0) is 15.5. The highest BCUT2D eigenvalue weighted by atomic mass is 79.9. The molecule has 1 unspecified atom stereocenters. The van der Waals surface area contributed by atoms with Gasteiger partial charge in [-0.25, -0.2) is 4.39 Å². The lowest BCUT2D eigenvalue weighted by molar-refractivity contribution is -0.384. The molecule has 20 heavy (non-hydrogen) atoms. The SMILES string of the molecule is CC(C)(C)CC(O)CNc1cc(F)c(Br)cc1[N+](=O)[O-]. The first kappa shape index (κ1) is 16.8. The molecule has 1 atom stereocenters. The van der Waals surface area contributed by atoms with Crippen LogP contribution in [0.2, 0.25) is 0 Å². The quantitative estimate of drug-likeness (QED) is 0.628. The van der Waals surface area contributed by atoms with Crippen LogP contribution in [0.3, 0.4) is 0 Å². The molecule has 0 aliphatic rings. The van der Waals surface area contributed by atoms with Gasteiger partial charge in [-0.3, -0.25) is 10.1 Å². The molecule has 0 aromatic heterocycles. The summed E-state index contributed by atoms with van der Waals surface area (Å²) in [7, 11) is 0. The van der Waals surface area contributed by atoms with E-state index in [9.17, 15) is 19.6 Å². The van der Waals surface area contributed by atoms with Crippen molar-refractivity contribution in [1.29, 1.82) is 0 Å². The van der Waals surface area contributed by atoms with E-state index in [1.165, 1.54) is 0 Å². The van der Waals surface area contributed by atoms with Gasteiger partial charge in [-0.15, -0.1) is 0 Å². The Morgan fingerprint density at radius 3 is 2.60 bits per heavy atom. The molecule has 1 aromatic carbocycles. The van der Waals surface area contributed by atoms with E-state index < -0.39 is 16.8 Å².